The average Bonchev–Trinajstić information content (AvgIpc) is 2.50. The highest BCUT2D eigenvalue weighted by atomic mass is 32.2. The second kappa shape index (κ2) is 8.30. The Kier molecular flexibility index (Phi) is 7.04. The molecular formula is C12H24N4O5S. The van der Waals surface area contributed by atoms with Crippen LogP contribution in [0.2, 0.25) is 0 Å². The van der Waals surface area contributed by atoms with Crippen LogP contribution < -0.4 is 10.0 Å². The molecule has 1 aliphatic rings. The maximum Gasteiger partial charge on any atom is 0.317 e. The molecule has 0 bridgehead atoms. The zero-order valence-electron chi connectivity index (χ0n) is 13.2. The number of urea groups is 1. The molecule has 0 aromatic rings. The lowest BCUT2D eigenvalue weighted by Crippen LogP contribution is -2.49. The molecule has 2 N–H and O–H groups in total. The number of piperidine rings is 1. The number of esters is 1. The molecule has 1 heterocycles. The molecule has 10 heteroatoms. The van der Waals surface area contributed by atoms with E-state index < -0.39 is 10.2 Å². The molecule has 22 heavy (non-hydrogen) atoms. The first-order valence-electron chi connectivity index (χ1n) is 7.05. The molecule has 1 rings (SSSR count). The van der Waals surface area contributed by atoms with Crippen molar-refractivity contribution in [1.82, 2.24) is 19.2 Å². The number of rotatable bonds is 6. The lowest BCUT2D eigenvalue weighted by Gasteiger charge is -2.31. The molecule has 2 amide bonds. The summed E-state index contributed by atoms with van der Waals surface area (Å²) in [7, 11) is 0.681. The minimum Gasteiger partial charge on any atom is -0.469 e. The number of nitrogens with zero attached hydrogens (tertiary/aromatic N) is 2. The van der Waals surface area contributed by atoms with E-state index in [0.29, 0.717) is 19.5 Å². The van der Waals surface area contributed by atoms with Crippen LogP contribution in [0.15, 0.2) is 0 Å². The molecule has 128 valence electrons. The average molecular weight is 336 g/mol. The van der Waals surface area contributed by atoms with Crippen molar-refractivity contribution in [3.8, 4) is 0 Å². The summed E-state index contributed by atoms with van der Waals surface area (Å²) in [6, 6.07) is -0.308. The van der Waals surface area contributed by atoms with Gasteiger partial charge in [0.2, 0.25) is 0 Å². The summed E-state index contributed by atoms with van der Waals surface area (Å²) < 4.78 is 31.0. The van der Waals surface area contributed by atoms with Gasteiger partial charge in [-0.1, -0.05) is 0 Å². The van der Waals surface area contributed by atoms with Crippen LogP contribution >= 0.6 is 0 Å². The van der Waals surface area contributed by atoms with Crippen LogP contribution in [-0.4, -0.2) is 77.0 Å². The van der Waals surface area contributed by atoms with E-state index >= 15 is 0 Å². The summed E-state index contributed by atoms with van der Waals surface area (Å²) in [6.45, 7) is 1.16. The molecule has 0 radical (unpaired) electrons. The second-order valence-corrected chi connectivity index (χ2v) is 7.19. The van der Waals surface area contributed by atoms with Gasteiger partial charge in [-0.2, -0.15) is 12.7 Å². The van der Waals surface area contributed by atoms with Crippen molar-refractivity contribution in [2.75, 3.05) is 47.4 Å². The first kappa shape index (κ1) is 18.7. The Bertz CT molecular complexity index is 494. The summed E-state index contributed by atoms with van der Waals surface area (Å²) in [5, 5.41) is 2.63. The van der Waals surface area contributed by atoms with Gasteiger partial charge >= 0.3 is 12.0 Å². The van der Waals surface area contributed by atoms with Crippen LogP contribution in [0.25, 0.3) is 0 Å². The summed E-state index contributed by atoms with van der Waals surface area (Å²) >= 11 is 0. The van der Waals surface area contributed by atoms with E-state index in [4.69, 9.17) is 4.74 Å². The molecule has 0 spiro atoms. The highest BCUT2D eigenvalue weighted by molar-refractivity contribution is 7.87. The monoisotopic (exact) mass is 336 g/mol. The molecule has 9 nitrogen and oxygen atoms in total. The zero-order valence-corrected chi connectivity index (χ0v) is 14.0. The summed E-state index contributed by atoms with van der Waals surface area (Å²) in [5.74, 6) is -0.604. The third-order valence-corrected chi connectivity index (χ3v) is 4.94. The van der Waals surface area contributed by atoms with Gasteiger partial charge in [0.05, 0.1) is 13.0 Å². The van der Waals surface area contributed by atoms with Gasteiger partial charge in [0, 0.05) is 40.3 Å². The van der Waals surface area contributed by atoms with Crippen LogP contribution in [0.4, 0.5) is 4.79 Å². The minimum atomic E-state index is -3.49. The van der Waals surface area contributed by atoms with Gasteiger partial charge in [0.25, 0.3) is 10.2 Å². The Labute approximate surface area is 131 Å². The van der Waals surface area contributed by atoms with Gasteiger partial charge in [0.1, 0.15) is 0 Å². The van der Waals surface area contributed by atoms with E-state index in [9.17, 15) is 18.0 Å². The lowest BCUT2D eigenvalue weighted by atomic mass is 9.98. The first-order valence-corrected chi connectivity index (χ1v) is 8.49. The van der Waals surface area contributed by atoms with Crippen LogP contribution in [0.1, 0.15) is 12.8 Å². The van der Waals surface area contributed by atoms with E-state index in [1.54, 1.807) is 4.90 Å². The first-order chi connectivity index (χ1) is 10.3. The van der Waals surface area contributed by atoms with Crippen molar-refractivity contribution in [2.45, 2.75) is 12.8 Å². The maximum absolute atomic E-state index is 12.0. The minimum absolute atomic E-state index is 0.0977. The number of amides is 2. The number of hydrogen-bond acceptors (Lipinski definition) is 5. The van der Waals surface area contributed by atoms with Crippen molar-refractivity contribution >= 4 is 22.2 Å². The predicted molar refractivity (Wildman–Crippen MR) is 80.3 cm³/mol. The fraction of sp³-hybridized carbons (Fsp3) is 0.833. The highest BCUT2D eigenvalue weighted by Crippen LogP contribution is 2.17. The molecule has 0 aromatic carbocycles. The van der Waals surface area contributed by atoms with E-state index in [0.717, 1.165) is 10.7 Å². The molecule has 1 fully saturated rings. The predicted octanol–water partition coefficient (Wildman–Crippen LogP) is -1.02. The van der Waals surface area contributed by atoms with E-state index in [-0.39, 0.29) is 31.0 Å². The Hall–Kier alpha value is -1.39. The molecular weight excluding hydrogens is 312 g/mol. The third kappa shape index (κ3) is 5.43. The number of ether oxygens (including phenoxy) is 1. The van der Waals surface area contributed by atoms with Gasteiger partial charge in [-0.05, 0) is 12.8 Å². The number of nitrogens with one attached hydrogen (secondary N) is 2. The van der Waals surface area contributed by atoms with E-state index in [2.05, 4.69) is 10.0 Å². The van der Waals surface area contributed by atoms with Crippen LogP contribution in [0.5, 0.6) is 0 Å². The molecule has 1 aliphatic heterocycles. The quantitative estimate of drug-likeness (QED) is 0.477. The third-order valence-electron chi connectivity index (χ3n) is 3.41. The summed E-state index contributed by atoms with van der Waals surface area (Å²) in [5.41, 5.74) is 0. The molecule has 0 aliphatic carbocycles. The maximum atomic E-state index is 12.0. The van der Waals surface area contributed by atoms with Gasteiger partial charge in [-0.3, -0.25) is 4.79 Å². The van der Waals surface area contributed by atoms with Crippen molar-refractivity contribution in [1.29, 1.82) is 0 Å². The van der Waals surface area contributed by atoms with Crippen LogP contribution in [0.3, 0.4) is 0 Å². The smallest absolute Gasteiger partial charge is 0.317 e. The van der Waals surface area contributed by atoms with Gasteiger partial charge in [-0.25, -0.2) is 9.52 Å². The lowest BCUT2D eigenvalue weighted by molar-refractivity contribution is -0.146. The summed E-state index contributed by atoms with van der Waals surface area (Å²) in [4.78, 5) is 25.0. The molecule has 0 saturated carbocycles. The van der Waals surface area contributed by atoms with Crippen molar-refractivity contribution < 1.29 is 22.7 Å². The number of likely N-dealkylation sites (tertiary alicyclic amines) is 1. The van der Waals surface area contributed by atoms with E-state index in [1.807, 2.05) is 0 Å². The topological polar surface area (TPSA) is 108 Å². The number of carbonyl (C=O) groups excluding carboxylic acids is 2. The summed E-state index contributed by atoms with van der Waals surface area (Å²) in [6.07, 6.45) is 1.44. The van der Waals surface area contributed by atoms with Crippen molar-refractivity contribution in [2.24, 2.45) is 5.92 Å². The zero-order chi connectivity index (χ0) is 16.8. The van der Waals surface area contributed by atoms with Crippen LogP contribution in [-0.2, 0) is 19.7 Å². The highest BCUT2D eigenvalue weighted by Gasteiger charge is 2.28. The number of hydrogen-bond donors (Lipinski definition) is 2. The van der Waals surface area contributed by atoms with E-state index in [1.165, 1.54) is 21.2 Å². The molecule has 0 unspecified atom stereocenters. The molecule has 1 saturated heterocycles. The van der Waals surface area contributed by atoms with Crippen molar-refractivity contribution in [3.63, 3.8) is 0 Å². The number of carbonyl (C=O) groups is 2. The van der Waals surface area contributed by atoms with Gasteiger partial charge < -0.3 is 15.0 Å². The molecule has 1 atom stereocenters. The Morgan fingerprint density at radius 1 is 1.32 bits per heavy atom. The SMILES string of the molecule is COC(=O)[C@@H]1CCCN(C(=O)NCCNS(=O)(=O)N(C)C)C1. The Balaban J connectivity index is 2.35. The Morgan fingerprint density at radius 2 is 2.00 bits per heavy atom. The Morgan fingerprint density at radius 3 is 2.59 bits per heavy atom. The van der Waals surface area contributed by atoms with Crippen molar-refractivity contribution in [3.05, 3.63) is 0 Å². The molecule has 0 aromatic heterocycles. The fourth-order valence-electron chi connectivity index (χ4n) is 2.11. The largest absolute Gasteiger partial charge is 0.469 e. The number of methoxy groups -OCH3 is 1. The normalized spacial score (nSPS) is 19.1. The fourth-order valence-corrected chi connectivity index (χ4v) is 2.73. The van der Waals surface area contributed by atoms with Gasteiger partial charge in [-0.15, -0.1) is 0 Å². The van der Waals surface area contributed by atoms with Crippen LogP contribution in [0, 0.1) is 5.92 Å². The van der Waals surface area contributed by atoms with Gasteiger partial charge in [0.15, 0.2) is 0 Å². The second-order valence-electron chi connectivity index (χ2n) is 5.22. The standard InChI is InChI=1S/C12H24N4O5S/c1-15(2)22(19,20)14-7-6-13-12(18)16-8-4-5-10(9-16)11(17)21-3/h10,14H,4-9H2,1-3H3,(H,13,18)/t10-/m1/s1.